The number of hydrogen-bond acceptors (Lipinski definition) is 5. The third-order valence-corrected chi connectivity index (χ3v) is 1.99. The Balaban J connectivity index is 2.79. The van der Waals surface area contributed by atoms with Crippen molar-refractivity contribution in [3.8, 4) is 0 Å². The molecule has 0 aliphatic rings. The molecule has 0 radical (unpaired) electrons. The molecule has 0 bridgehead atoms. The summed E-state index contributed by atoms with van der Waals surface area (Å²) >= 11 is 5.51. The predicted molar refractivity (Wildman–Crippen MR) is 58.4 cm³/mol. The molecule has 10 heteroatoms. The van der Waals surface area contributed by atoms with Gasteiger partial charge in [-0.05, 0) is 18.5 Å². The largest absolute Gasteiger partial charge is 0.408 e. The Labute approximate surface area is 105 Å². The number of halogens is 5. The van der Waals surface area contributed by atoms with Crippen molar-refractivity contribution in [2.45, 2.75) is 19.1 Å². The Bertz CT molecular complexity index is 400. The van der Waals surface area contributed by atoms with Crippen molar-refractivity contribution in [2.24, 2.45) is 0 Å². The third kappa shape index (κ3) is 4.47. The maximum atomic E-state index is 12.3. The summed E-state index contributed by atoms with van der Waals surface area (Å²) in [6.07, 6.45) is -4.44. The summed E-state index contributed by atoms with van der Waals surface area (Å²) in [6.45, 7) is 0.159. The van der Waals surface area contributed by atoms with Gasteiger partial charge in [-0.25, -0.2) is 4.39 Å². The molecule has 1 heterocycles. The van der Waals surface area contributed by atoms with Crippen LogP contribution in [0.1, 0.15) is 6.92 Å². The van der Waals surface area contributed by atoms with E-state index in [4.69, 9.17) is 11.6 Å². The highest BCUT2D eigenvalue weighted by atomic mass is 35.5. The SMILES string of the molecule is C[C@@H](Nc1nc(Cl)nc(NCCF)n1)C(F)(F)F. The van der Waals surface area contributed by atoms with Gasteiger partial charge in [0.25, 0.3) is 0 Å². The van der Waals surface area contributed by atoms with E-state index in [0.29, 0.717) is 0 Å². The lowest BCUT2D eigenvalue weighted by Crippen LogP contribution is -2.33. The standard InChI is InChI=1S/C8H10ClF4N5/c1-4(8(11,12)13)15-7-17-5(9)16-6(18-7)14-3-2-10/h4H,2-3H2,1H3,(H2,14,15,16,17,18)/t4-/m1/s1. The first kappa shape index (κ1) is 14.7. The molecular weight excluding hydrogens is 278 g/mol. The molecule has 2 N–H and O–H groups in total. The number of alkyl halides is 4. The molecule has 1 aromatic rings. The lowest BCUT2D eigenvalue weighted by atomic mass is 10.3. The zero-order valence-corrected chi connectivity index (χ0v) is 9.98. The Morgan fingerprint density at radius 2 is 1.83 bits per heavy atom. The molecule has 1 aromatic heterocycles. The normalized spacial score (nSPS) is 13.2. The molecule has 0 saturated heterocycles. The van der Waals surface area contributed by atoms with E-state index in [0.717, 1.165) is 6.92 Å². The number of nitrogens with zero attached hydrogens (tertiary/aromatic N) is 3. The average molecular weight is 288 g/mol. The van der Waals surface area contributed by atoms with Crippen LogP contribution in [-0.4, -0.2) is 40.4 Å². The Morgan fingerprint density at radius 1 is 1.22 bits per heavy atom. The van der Waals surface area contributed by atoms with Crippen LogP contribution in [0.15, 0.2) is 0 Å². The van der Waals surface area contributed by atoms with Crippen LogP contribution in [0.25, 0.3) is 0 Å². The summed E-state index contributed by atoms with van der Waals surface area (Å²) in [4.78, 5) is 10.7. The molecule has 0 aliphatic heterocycles. The van der Waals surface area contributed by atoms with Crippen molar-refractivity contribution >= 4 is 23.5 Å². The van der Waals surface area contributed by atoms with Gasteiger partial charge in [-0.15, -0.1) is 0 Å². The first-order valence-corrected chi connectivity index (χ1v) is 5.25. The van der Waals surface area contributed by atoms with Crippen LogP contribution in [0.3, 0.4) is 0 Å². The Hall–Kier alpha value is -1.38. The smallest absolute Gasteiger partial charge is 0.351 e. The van der Waals surface area contributed by atoms with Gasteiger partial charge in [-0.3, -0.25) is 0 Å². The molecule has 18 heavy (non-hydrogen) atoms. The molecule has 102 valence electrons. The second kappa shape index (κ2) is 5.98. The topological polar surface area (TPSA) is 62.7 Å². The van der Waals surface area contributed by atoms with Gasteiger partial charge in [-0.2, -0.15) is 28.1 Å². The van der Waals surface area contributed by atoms with Crippen LogP contribution < -0.4 is 10.6 Å². The van der Waals surface area contributed by atoms with Crippen molar-refractivity contribution in [3.63, 3.8) is 0 Å². The highest BCUT2D eigenvalue weighted by molar-refractivity contribution is 6.28. The number of rotatable bonds is 5. The van der Waals surface area contributed by atoms with Crippen molar-refractivity contribution in [1.29, 1.82) is 0 Å². The zero-order valence-electron chi connectivity index (χ0n) is 9.22. The van der Waals surface area contributed by atoms with Gasteiger partial charge in [0.1, 0.15) is 12.7 Å². The van der Waals surface area contributed by atoms with E-state index >= 15 is 0 Å². The minimum absolute atomic E-state index is 0.0748. The second-order valence-corrected chi connectivity index (χ2v) is 3.61. The van der Waals surface area contributed by atoms with Crippen molar-refractivity contribution < 1.29 is 17.6 Å². The molecule has 0 aliphatic carbocycles. The van der Waals surface area contributed by atoms with Gasteiger partial charge in [0.05, 0.1) is 0 Å². The maximum Gasteiger partial charge on any atom is 0.408 e. The van der Waals surface area contributed by atoms with Gasteiger partial charge >= 0.3 is 6.18 Å². The van der Waals surface area contributed by atoms with Crippen LogP contribution in [0.2, 0.25) is 5.28 Å². The third-order valence-electron chi connectivity index (χ3n) is 1.82. The number of hydrogen-bond donors (Lipinski definition) is 2. The number of anilines is 2. The maximum absolute atomic E-state index is 12.3. The lowest BCUT2D eigenvalue weighted by Gasteiger charge is -2.17. The number of nitrogens with one attached hydrogen (secondary N) is 2. The molecule has 1 atom stereocenters. The quantitative estimate of drug-likeness (QED) is 0.814. The van der Waals surface area contributed by atoms with E-state index in [2.05, 4.69) is 20.3 Å². The van der Waals surface area contributed by atoms with Gasteiger partial charge in [0.2, 0.25) is 17.2 Å². The summed E-state index contributed by atoms with van der Waals surface area (Å²) in [6, 6.07) is -1.84. The minimum Gasteiger partial charge on any atom is -0.351 e. The minimum atomic E-state index is -4.44. The fourth-order valence-electron chi connectivity index (χ4n) is 0.928. The summed E-state index contributed by atoms with van der Waals surface area (Å²) in [5, 5.41) is 4.19. The van der Waals surface area contributed by atoms with E-state index in [9.17, 15) is 17.6 Å². The van der Waals surface area contributed by atoms with Gasteiger partial charge < -0.3 is 10.6 Å². The monoisotopic (exact) mass is 287 g/mol. The number of aromatic nitrogens is 3. The summed E-state index contributed by atoms with van der Waals surface area (Å²) in [5.41, 5.74) is 0. The first-order valence-electron chi connectivity index (χ1n) is 4.87. The summed E-state index contributed by atoms with van der Waals surface area (Å²) < 4.78 is 48.8. The van der Waals surface area contributed by atoms with Crippen molar-refractivity contribution in [3.05, 3.63) is 5.28 Å². The van der Waals surface area contributed by atoms with Crippen LogP contribution in [0.4, 0.5) is 29.5 Å². The lowest BCUT2D eigenvalue weighted by molar-refractivity contribution is -0.138. The molecule has 0 fully saturated rings. The summed E-state index contributed by atoms with van der Waals surface area (Å²) in [5.74, 6) is -0.425. The van der Waals surface area contributed by atoms with E-state index in [-0.39, 0.29) is 23.7 Å². The average Bonchev–Trinajstić information content (AvgIpc) is 2.24. The Kier molecular flexibility index (Phi) is 4.88. The van der Waals surface area contributed by atoms with Crippen LogP contribution in [0, 0.1) is 0 Å². The fourth-order valence-corrected chi connectivity index (χ4v) is 1.09. The molecule has 1 rings (SSSR count). The molecule has 0 unspecified atom stereocenters. The van der Waals surface area contributed by atoms with Gasteiger partial charge in [0.15, 0.2) is 0 Å². The first-order chi connectivity index (χ1) is 8.32. The van der Waals surface area contributed by atoms with E-state index in [1.165, 1.54) is 0 Å². The zero-order chi connectivity index (χ0) is 13.8. The van der Waals surface area contributed by atoms with Crippen LogP contribution >= 0.6 is 11.6 Å². The molecule has 0 saturated carbocycles. The Morgan fingerprint density at radius 3 is 2.39 bits per heavy atom. The highest BCUT2D eigenvalue weighted by Crippen LogP contribution is 2.22. The van der Waals surface area contributed by atoms with E-state index in [1.807, 2.05) is 5.32 Å². The van der Waals surface area contributed by atoms with Crippen molar-refractivity contribution in [2.75, 3.05) is 23.9 Å². The molecular formula is C8H10ClF4N5. The van der Waals surface area contributed by atoms with E-state index < -0.39 is 18.9 Å². The van der Waals surface area contributed by atoms with Crippen LogP contribution in [0.5, 0.6) is 0 Å². The molecule has 0 spiro atoms. The summed E-state index contributed by atoms with van der Waals surface area (Å²) in [7, 11) is 0. The molecule has 0 amide bonds. The molecule has 0 aromatic carbocycles. The highest BCUT2D eigenvalue weighted by Gasteiger charge is 2.36. The van der Waals surface area contributed by atoms with E-state index in [1.54, 1.807) is 0 Å². The fraction of sp³-hybridized carbons (Fsp3) is 0.625. The van der Waals surface area contributed by atoms with Crippen LogP contribution in [-0.2, 0) is 0 Å². The van der Waals surface area contributed by atoms with Crippen molar-refractivity contribution in [1.82, 2.24) is 15.0 Å². The molecule has 5 nitrogen and oxygen atoms in total. The van der Waals surface area contributed by atoms with Gasteiger partial charge in [-0.1, -0.05) is 0 Å². The van der Waals surface area contributed by atoms with Gasteiger partial charge in [0, 0.05) is 6.54 Å². The second-order valence-electron chi connectivity index (χ2n) is 3.28. The predicted octanol–water partition coefficient (Wildman–Crippen LogP) is 2.27.